The molecule has 0 aromatic rings. The molecule has 0 aromatic carbocycles. The fraction of sp³-hybridized carbons (Fsp3) is 0.714. The maximum Gasteiger partial charge on any atom is -0.0108 e. The summed E-state index contributed by atoms with van der Waals surface area (Å²) in [6.07, 6.45) is 16.1. The molecular weight excluding hydrogens is 168 g/mol. The van der Waals surface area contributed by atoms with Crippen LogP contribution in [0.2, 0.25) is 0 Å². The standard InChI is InChI=1S/C14H22/c1-12-7-6-10-14(11-12)13-8-4-2-3-5-9-13/h7,10,13H,2-6,8-9,11H2,1H3. The first-order valence-corrected chi connectivity index (χ1v) is 6.21. The first kappa shape index (κ1) is 10.0. The lowest BCUT2D eigenvalue weighted by Gasteiger charge is -2.21. The van der Waals surface area contributed by atoms with E-state index in [1.54, 1.807) is 11.1 Å². The largest absolute Gasteiger partial charge is 0.0815 e. The van der Waals surface area contributed by atoms with E-state index >= 15 is 0 Å². The van der Waals surface area contributed by atoms with Crippen molar-refractivity contribution >= 4 is 0 Å². The molecule has 1 fully saturated rings. The van der Waals surface area contributed by atoms with Gasteiger partial charge in [0.15, 0.2) is 0 Å². The average molecular weight is 190 g/mol. The van der Waals surface area contributed by atoms with E-state index in [1.807, 2.05) is 0 Å². The summed E-state index contributed by atoms with van der Waals surface area (Å²) in [7, 11) is 0. The number of hydrogen-bond donors (Lipinski definition) is 0. The van der Waals surface area contributed by atoms with Gasteiger partial charge in [-0.1, -0.05) is 49.0 Å². The van der Waals surface area contributed by atoms with Crippen LogP contribution in [0.5, 0.6) is 0 Å². The third-order valence-electron chi connectivity index (χ3n) is 3.71. The zero-order chi connectivity index (χ0) is 9.80. The van der Waals surface area contributed by atoms with Crippen LogP contribution in [0.4, 0.5) is 0 Å². The van der Waals surface area contributed by atoms with E-state index in [-0.39, 0.29) is 0 Å². The fourth-order valence-corrected chi connectivity index (χ4v) is 2.84. The minimum absolute atomic E-state index is 0.932. The van der Waals surface area contributed by atoms with Crippen LogP contribution in [-0.4, -0.2) is 0 Å². The van der Waals surface area contributed by atoms with Crippen LogP contribution in [0.3, 0.4) is 0 Å². The molecule has 0 nitrogen and oxygen atoms in total. The van der Waals surface area contributed by atoms with Crippen LogP contribution < -0.4 is 0 Å². The molecule has 0 atom stereocenters. The van der Waals surface area contributed by atoms with Crippen molar-refractivity contribution in [1.82, 2.24) is 0 Å². The van der Waals surface area contributed by atoms with Gasteiger partial charge in [-0.05, 0) is 38.5 Å². The Balaban J connectivity index is 1.96. The Labute approximate surface area is 88.1 Å². The molecule has 0 aliphatic heterocycles. The maximum atomic E-state index is 2.49. The molecule has 0 unspecified atom stereocenters. The van der Waals surface area contributed by atoms with Crippen molar-refractivity contribution in [3.05, 3.63) is 23.3 Å². The summed E-state index contributed by atoms with van der Waals surface area (Å²) < 4.78 is 0. The zero-order valence-corrected chi connectivity index (χ0v) is 9.39. The minimum atomic E-state index is 0.932. The monoisotopic (exact) mass is 190 g/mol. The lowest BCUT2D eigenvalue weighted by atomic mass is 9.85. The van der Waals surface area contributed by atoms with Crippen LogP contribution in [0.15, 0.2) is 23.3 Å². The lowest BCUT2D eigenvalue weighted by Crippen LogP contribution is -2.05. The smallest absolute Gasteiger partial charge is 0.0108 e. The predicted octanol–water partition coefficient (Wildman–Crippen LogP) is 4.62. The summed E-state index contributed by atoms with van der Waals surface area (Å²) in [5.41, 5.74) is 3.35. The van der Waals surface area contributed by atoms with Crippen LogP contribution >= 0.6 is 0 Å². The molecule has 2 aliphatic rings. The van der Waals surface area contributed by atoms with Crippen molar-refractivity contribution in [1.29, 1.82) is 0 Å². The first-order chi connectivity index (χ1) is 6.86. The summed E-state index contributed by atoms with van der Waals surface area (Å²) in [4.78, 5) is 0. The van der Waals surface area contributed by atoms with E-state index in [0.717, 1.165) is 5.92 Å². The molecule has 0 bridgehead atoms. The second kappa shape index (κ2) is 4.82. The SMILES string of the molecule is CC1=CCC=C(C2CCCCCC2)C1. The Kier molecular flexibility index (Phi) is 3.44. The van der Waals surface area contributed by atoms with Crippen LogP contribution in [0.1, 0.15) is 58.3 Å². The van der Waals surface area contributed by atoms with Crippen molar-refractivity contribution in [2.75, 3.05) is 0 Å². The third-order valence-corrected chi connectivity index (χ3v) is 3.71. The molecular formula is C14H22. The molecule has 0 heterocycles. The van der Waals surface area contributed by atoms with Gasteiger partial charge in [0.1, 0.15) is 0 Å². The summed E-state index contributed by atoms with van der Waals surface area (Å²) in [6.45, 7) is 2.28. The molecule has 0 radical (unpaired) electrons. The van der Waals surface area contributed by atoms with E-state index in [2.05, 4.69) is 19.1 Å². The number of rotatable bonds is 1. The van der Waals surface area contributed by atoms with Crippen molar-refractivity contribution in [2.24, 2.45) is 5.92 Å². The highest BCUT2D eigenvalue weighted by Crippen LogP contribution is 2.33. The molecule has 2 rings (SSSR count). The van der Waals surface area contributed by atoms with Gasteiger partial charge in [0.2, 0.25) is 0 Å². The van der Waals surface area contributed by atoms with E-state index in [0.29, 0.717) is 0 Å². The van der Waals surface area contributed by atoms with Crippen molar-refractivity contribution in [3.8, 4) is 0 Å². The molecule has 2 aliphatic carbocycles. The van der Waals surface area contributed by atoms with E-state index in [9.17, 15) is 0 Å². The van der Waals surface area contributed by atoms with Crippen molar-refractivity contribution in [2.45, 2.75) is 58.3 Å². The Morgan fingerprint density at radius 2 is 1.71 bits per heavy atom. The Morgan fingerprint density at radius 1 is 1.00 bits per heavy atom. The zero-order valence-electron chi connectivity index (χ0n) is 9.39. The summed E-state index contributed by atoms with van der Waals surface area (Å²) in [5.74, 6) is 0.932. The highest BCUT2D eigenvalue weighted by molar-refractivity contribution is 5.23. The van der Waals surface area contributed by atoms with Crippen molar-refractivity contribution < 1.29 is 0 Å². The summed E-state index contributed by atoms with van der Waals surface area (Å²) in [6, 6.07) is 0. The summed E-state index contributed by atoms with van der Waals surface area (Å²) in [5, 5.41) is 0. The molecule has 0 saturated heterocycles. The van der Waals surface area contributed by atoms with Gasteiger partial charge in [-0.3, -0.25) is 0 Å². The van der Waals surface area contributed by atoms with Gasteiger partial charge in [0, 0.05) is 0 Å². The van der Waals surface area contributed by atoms with Crippen LogP contribution in [0, 0.1) is 5.92 Å². The number of hydrogen-bond acceptors (Lipinski definition) is 0. The van der Waals surface area contributed by atoms with Crippen LogP contribution in [-0.2, 0) is 0 Å². The molecule has 78 valence electrons. The van der Waals surface area contributed by atoms with Gasteiger partial charge in [-0.15, -0.1) is 0 Å². The minimum Gasteiger partial charge on any atom is -0.0815 e. The first-order valence-electron chi connectivity index (χ1n) is 6.21. The van der Waals surface area contributed by atoms with Gasteiger partial charge < -0.3 is 0 Å². The predicted molar refractivity (Wildman–Crippen MR) is 62.3 cm³/mol. The van der Waals surface area contributed by atoms with Gasteiger partial charge >= 0.3 is 0 Å². The third kappa shape index (κ3) is 2.50. The Bertz CT molecular complexity index is 237. The average Bonchev–Trinajstić information content (AvgIpc) is 2.45. The molecule has 0 spiro atoms. The molecule has 0 N–H and O–H groups in total. The molecule has 0 heteroatoms. The topological polar surface area (TPSA) is 0 Å². The van der Waals surface area contributed by atoms with Crippen LogP contribution in [0.25, 0.3) is 0 Å². The van der Waals surface area contributed by atoms with Gasteiger partial charge in [-0.25, -0.2) is 0 Å². The normalized spacial score (nSPS) is 25.2. The van der Waals surface area contributed by atoms with Gasteiger partial charge in [0.05, 0.1) is 0 Å². The molecule has 0 aromatic heterocycles. The second-order valence-electron chi connectivity index (χ2n) is 4.93. The van der Waals surface area contributed by atoms with Gasteiger partial charge in [0.25, 0.3) is 0 Å². The molecule has 1 saturated carbocycles. The van der Waals surface area contributed by atoms with E-state index < -0.39 is 0 Å². The van der Waals surface area contributed by atoms with Crippen molar-refractivity contribution in [3.63, 3.8) is 0 Å². The van der Waals surface area contributed by atoms with Gasteiger partial charge in [-0.2, -0.15) is 0 Å². The lowest BCUT2D eigenvalue weighted by molar-refractivity contribution is 0.516. The van der Waals surface area contributed by atoms with E-state index in [4.69, 9.17) is 0 Å². The maximum absolute atomic E-state index is 2.49. The fourth-order valence-electron chi connectivity index (χ4n) is 2.84. The Morgan fingerprint density at radius 3 is 2.36 bits per heavy atom. The molecule has 0 amide bonds. The Hall–Kier alpha value is -0.520. The second-order valence-corrected chi connectivity index (χ2v) is 4.93. The number of allylic oxidation sites excluding steroid dienone is 4. The quantitative estimate of drug-likeness (QED) is 0.418. The van der Waals surface area contributed by atoms with E-state index in [1.165, 1.54) is 51.4 Å². The highest BCUT2D eigenvalue weighted by Gasteiger charge is 2.17. The molecule has 14 heavy (non-hydrogen) atoms. The summed E-state index contributed by atoms with van der Waals surface area (Å²) >= 11 is 0. The highest BCUT2D eigenvalue weighted by atomic mass is 14.2.